The topological polar surface area (TPSA) is 169 Å². The monoisotopic (exact) mass is 592 g/mol. The molecule has 0 saturated heterocycles. The zero-order valence-corrected chi connectivity index (χ0v) is 23.9. The summed E-state index contributed by atoms with van der Waals surface area (Å²) in [5.41, 5.74) is 17.9. The molecule has 2 unspecified atom stereocenters. The number of hydrogen-bond donors (Lipinski definition) is 6. The van der Waals surface area contributed by atoms with Gasteiger partial charge in [-0.1, -0.05) is 18.2 Å². The third kappa shape index (κ3) is 9.00. The van der Waals surface area contributed by atoms with E-state index in [4.69, 9.17) is 21.9 Å². The van der Waals surface area contributed by atoms with Crippen LogP contribution in [0.3, 0.4) is 0 Å². The number of anilines is 1. The standard InChI is InChI=1S/C28H40BF3N6O4/c1-27(2)21-10-9-20(17-22(21)29(41)42-27)36-26(40)24(16-18-5-7-19(8-6-18)28(30,31)32)37-25(39)23(35)4-3-13-38(14-11-33)15-12-34/h5-10,17,23-24,41H,3-4,11-16,33-35H2,1-2H3,(H,36,40)(H,37,39). The molecule has 1 aliphatic rings. The Morgan fingerprint density at radius 3 is 2.29 bits per heavy atom. The van der Waals surface area contributed by atoms with Gasteiger partial charge in [-0.25, -0.2) is 0 Å². The molecule has 0 aliphatic carbocycles. The predicted molar refractivity (Wildman–Crippen MR) is 156 cm³/mol. The minimum atomic E-state index is -4.50. The molecule has 1 heterocycles. The van der Waals surface area contributed by atoms with Crippen LogP contribution in [0.25, 0.3) is 0 Å². The molecule has 2 aromatic carbocycles. The quantitative estimate of drug-likeness (QED) is 0.174. The number of amides is 2. The highest BCUT2D eigenvalue weighted by molar-refractivity contribution is 6.62. The van der Waals surface area contributed by atoms with Crippen LogP contribution in [0.1, 0.15) is 43.4 Å². The number of nitrogens with zero attached hydrogens (tertiary/aromatic N) is 1. The van der Waals surface area contributed by atoms with Gasteiger partial charge in [-0.2, -0.15) is 13.2 Å². The summed E-state index contributed by atoms with van der Waals surface area (Å²) >= 11 is 0. The Hall–Kier alpha value is -3.01. The zero-order chi connectivity index (χ0) is 31.1. The molecular formula is C28H40BF3N6O4. The van der Waals surface area contributed by atoms with E-state index in [9.17, 15) is 27.8 Å². The largest absolute Gasteiger partial charge is 0.492 e. The molecule has 230 valence electrons. The number of nitrogens with one attached hydrogen (secondary N) is 2. The van der Waals surface area contributed by atoms with Crippen molar-refractivity contribution in [3.63, 3.8) is 0 Å². The normalized spacial score (nSPS) is 15.8. The van der Waals surface area contributed by atoms with Crippen LogP contribution >= 0.6 is 0 Å². The molecule has 14 heteroatoms. The summed E-state index contributed by atoms with van der Waals surface area (Å²) in [7, 11) is -1.17. The van der Waals surface area contributed by atoms with Gasteiger partial charge in [0.05, 0.1) is 17.2 Å². The fourth-order valence-electron chi connectivity index (χ4n) is 4.95. The summed E-state index contributed by atoms with van der Waals surface area (Å²) in [6.07, 6.45) is -3.64. The van der Waals surface area contributed by atoms with E-state index in [1.54, 1.807) is 18.2 Å². The van der Waals surface area contributed by atoms with E-state index in [1.807, 2.05) is 13.8 Å². The number of benzene rings is 2. The molecule has 1 aliphatic heterocycles. The second-order valence-electron chi connectivity index (χ2n) is 10.9. The number of carbonyl (C=O) groups is 2. The summed E-state index contributed by atoms with van der Waals surface area (Å²) < 4.78 is 44.7. The number of hydrogen-bond acceptors (Lipinski definition) is 8. The molecule has 0 aromatic heterocycles. The fourth-order valence-corrected chi connectivity index (χ4v) is 4.95. The number of fused-ring (bicyclic) bond motifs is 1. The average Bonchev–Trinajstić information content (AvgIpc) is 3.15. The van der Waals surface area contributed by atoms with Crippen LogP contribution in [0.5, 0.6) is 0 Å². The number of halogens is 3. The molecule has 0 radical (unpaired) electrons. The van der Waals surface area contributed by atoms with Gasteiger partial charge in [0.25, 0.3) is 0 Å². The molecule has 2 atom stereocenters. The Labute approximate surface area is 244 Å². The van der Waals surface area contributed by atoms with E-state index < -0.39 is 48.4 Å². The van der Waals surface area contributed by atoms with Crippen molar-refractivity contribution in [1.29, 1.82) is 0 Å². The zero-order valence-electron chi connectivity index (χ0n) is 23.9. The number of alkyl halides is 3. The van der Waals surface area contributed by atoms with Crippen molar-refractivity contribution in [2.45, 2.75) is 57.0 Å². The van der Waals surface area contributed by atoms with Gasteiger partial charge < -0.3 is 42.4 Å². The molecule has 2 aromatic rings. The minimum absolute atomic E-state index is 0.0765. The SMILES string of the molecule is CC1(C)OB(O)c2cc(NC(=O)C(Cc3ccc(C(F)(F)F)cc3)NC(=O)C(N)CCCN(CCN)CCN)ccc21. The van der Waals surface area contributed by atoms with Crippen molar-refractivity contribution >= 4 is 30.1 Å². The third-order valence-electron chi connectivity index (χ3n) is 7.21. The number of nitrogens with two attached hydrogens (primary N) is 3. The number of rotatable bonds is 14. The minimum Gasteiger partial charge on any atom is -0.423 e. The summed E-state index contributed by atoms with van der Waals surface area (Å²) in [5, 5.41) is 15.7. The van der Waals surface area contributed by atoms with Crippen LogP contribution < -0.4 is 33.3 Å². The maximum atomic E-state index is 13.4. The van der Waals surface area contributed by atoms with E-state index in [1.165, 1.54) is 12.1 Å². The van der Waals surface area contributed by atoms with Crippen LogP contribution in [0.2, 0.25) is 0 Å². The molecule has 0 fully saturated rings. The number of carbonyl (C=O) groups excluding carboxylic acids is 2. The van der Waals surface area contributed by atoms with Gasteiger partial charge in [-0.3, -0.25) is 9.59 Å². The fraction of sp³-hybridized carbons (Fsp3) is 0.500. The third-order valence-corrected chi connectivity index (χ3v) is 7.21. The first-order valence-corrected chi connectivity index (χ1v) is 13.9. The summed E-state index contributed by atoms with van der Waals surface area (Å²) in [5.74, 6) is -1.16. The van der Waals surface area contributed by atoms with Crippen molar-refractivity contribution < 1.29 is 32.4 Å². The molecule has 2 amide bonds. The van der Waals surface area contributed by atoms with E-state index in [0.29, 0.717) is 62.3 Å². The first kappa shape index (κ1) is 33.5. The second kappa shape index (κ2) is 14.4. The molecule has 0 spiro atoms. The van der Waals surface area contributed by atoms with Gasteiger partial charge in [-0.15, -0.1) is 0 Å². The molecule has 0 saturated carbocycles. The second-order valence-corrected chi connectivity index (χ2v) is 10.9. The maximum absolute atomic E-state index is 13.4. The van der Waals surface area contributed by atoms with E-state index >= 15 is 0 Å². The lowest BCUT2D eigenvalue weighted by Gasteiger charge is -2.23. The van der Waals surface area contributed by atoms with Gasteiger partial charge in [-0.05, 0) is 74.1 Å². The smallest absolute Gasteiger partial charge is 0.423 e. The van der Waals surface area contributed by atoms with Crippen molar-refractivity contribution in [1.82, 2.24) is 10.2 Å². The average molecular weight is 592 g/mol. The molecular weight excluding hydrogens is 552 g/mol. The molecule has 0 bridgehead atoms. The van der Waals surface area contributed by atoms with E-state index in [-0.39, 0.29) is 6.42 Å². The van der Waals surface area contributed by atoms with Gasteiger partial charge in [0.2, 0.25) is 11.8 Å². The predicted octanol–water partition coefficient (Wildman–Crippen LogP) is 0.651. The lowest BCUT2D eigenvalue weighted by Crippen LogP contribution is -2.51. The Balaban J connectivity index is 1.73. The van der Waals surface area contributed by atoms with Gasteiger partial charge >= 0.3 is 13.3 Å². The highest BCUT2D eigenvalue weighted by Crippen LogP contribution is 2.31. The van der Waals surface area contributed by atoms with Crippen LogP contribution in [0, 0.1) is 0 Å². The van der Waals surface area contributed by atoms with E-state index in [2.05, 4.69) is 15.5 Å². The molecule has 9 N–H and O–H groups in total. The van der Waals surface area contributed by atoms with Gasteiger partial charge in [0.1, 0.15) is 6.04 Å². The highest BCUT2D eigenvalue weighted by Gasteiger charge is 2.40. The van der Waals surface area contributed by atoms with Crippen molar-refractivity contribution in [3.8, 4) is 0 Å². The first-order chi connectivity index (χ1) is 19.7. The van der Waals surface area contributed by atoms with Gasteiger partial charge in [0.15, 0.2) is 0 Å². The van der Waals surface area contributed by atoms with Crippen LogP contribution in [0.4, 0.5) is 18.9 Å². The van der Waals surface area contributed by atoms with Gasteiger partial charge in [0, 0.05) is 38.3 Å². The lowest BCUT2D eigenvalue weighted by atomic mass is 9.78. The Morgan fingerprint density at radius 2 is 1.69 bits per heavy atom. The maximum Gasteiger partial charge on any atom is 0.492 e. The Bertz CT molecular complexity index is 1210. The van der Waals surface area contributed by atoms with E-state index in [0.717, 1.165) is 17.7 Å². The Kier molecular flexibility index (Phi) is 11.5. The van der Waals surface area contributed by atoms with Crippen LogP contribution in [-0.4, -0.2) is 73.7 Å². The van der Waals surface area contributed by atoms with Crippen molar-refractivity contribution in [2.75, 3.05) is 38.0 Å². The molecule has 42 heavy (non-hydrogen) atoms. The lowest BCUT2D eigenvalue weighted by molar-refractivity contribution is -0.137. The molecule has 10 nitrogen and oxygen atoms in total. The summed E-state index contributed by atoms with van der Waals surface area (Å²) in [6.45, 7) is 6.55. The first-order valence-electron chi connectivity index (χ1n) is 13.9. The van der Waals surface area contributed by atoms with Crippen LogP contribution in [-0.2, 0) is 32.4 Å². The highest BCUT2D eigenvalue weighted by atomic mass is 19.4. The van der Waals surface area contributed by atoms with Crippen molar-refractivity contribution in [2.24, 2.45) is 17.2 Å². The summed E-state index contributed by atoms with van der Waals surface area (Å²) in [6, 6.07) is 7.30. The Morgan fingerprint density at radius 1 is 1.05 bits per heavy atom. The van der Waals surface area contributed by atoms with Crippen molar-refractivity contribution in [3.05, 3.63) is 59.2 Å². The molecule has 3 rings (SSSR count). The van der Waals surface area contributed by atoms with Crippen LogP contribution in [0.15, 0.2) is 42.5 Å². The summed E-state index contributed by atoms with van der Waals surface area (Å²) in [4.78, 5) is 28.5.